The van der Waals surface area contributed by atoms with Gasteiger partial charge in [-0.2, -0.15) is 0 Å². The highest BCUT2D eigenvalue weighted by atomic mass is 35.5. The van der Waals surface area contributed by atoms with Crippen LogP contribution in [0.15, 0.2) is 61.1 Å². The summed E-state index contributed by atoms with van der Waals surface area (Å²) in [6.45, 7) is 0. The summed E-state index contributed by atoms with van der Waals surface area (Å²) in [6, 6.07) is 12.5. The molecule has 1 aromatic carbocycles. The van der Waals surface area contributed by atoms with Crippen LogP contribution in [0.1, 0.15) is 16.1 Å². The van der Waals surface area contributed by atoms with Gasteiger partial charge in [-0.1, -0.05) is 41.9 Å². The number of rotatable bonds is 3. The predicted octanol–water partition coefficient (Wildman–Crippen LogP) is 3.42. The van der Waals surface area contributed by atoms with Crippen molar-refractivity contribution in [3.8, 4) is 11.3 Å². The van der Waals surface area contributed by atoms with E-state index in [0.717, 1.165) is 0 Å². The molecule has 2 aromatic heterocycles. The number of nitrogens with zero attached hydrogens (tertiary/aromatic N) is 3. The van der Waals surface area contributed by atoms with Gasteiger partial charge >= 0.3 is 0 Å². The smallest absolute Gasteiger partial charge is 0.213 e. The molecule has 5 heteroatoms. The van der Waals surface area contributed by atoms with Gasteiger partial charge in [-0.05, 0) is 12.1 Å². The summed E-state index contributed by atoms with van der Waals surface area (Å²) in [6.07, 6.45) is 4.65. The van der Waals surface area contributed by atoms with Gasteiger partial charge in [-0.25, -0.2) is 9.97 Å². The van der Waals surface area contributed by atoms with Crippen molar-refractivity contribution in [3.63, 3.8) is 0 Å². The Labute approximate surface area is 126 Å². The topological polar surface area (TPSA) is 55.7 Å². The molecular weight excluding hydrogens is 286 g/mol. The largest absolute Gasteiger partial charge is 0.287 e. The van der Waals surface area contributed by atoms with Gasteiger partial charge in [-0.15, -0.1) is 0 Å². The number of ketones is 1. The van der Waals surface area contributed by atoms with Crippen LogP contribution in [0, 0.1) is 0 Å². The predicted molar refractivity (Wildman–Crippen MR) is 80.1 cm³/mol. The van der Waals surface area contributed by atoms with E-state index in [4.69, 9.17) is 11.6 Å². The van der Waals surface area contributed by atoms with Crippen LogP contribution in [0.5, 0.6) is 0 Å². The number of carbonyl (C=O) groups is 1. The van der Waals surface area contributed by atoms with E-state index in [1.54, 1.807) is 42.7 Å². The Morgan fingerprint density at radius 3 is 2.52 bits per heavy atom. The molecule has 3 aromatic rings. The zero-order valence-electron chi connectivity index (χ0n) is 10.9. The molecule has 0 N–H and O–H groups in total. The molecule has 3 rings (SSSR count). The summed E-state index contributed by atoms with van der Waals surface area (Å²) in [5, 5.41) is 0.235. The standard InChI is InChI=1S/C16H10ClN3O/c17-13-10-19-15(16(21)11-5-2-1-3-6-11)14(20-13)12-7-4-8-18-9-12/h1-10H. The highest BCUT2D eigenvalue weighted by Crippen LogP contribution is 2.23. The summed E-state index contributed by atoms with van der Waals surface area (Å²) in [5.41, 5.74) is 1.95. The molecule has 0 aliphatic heterocycles. The quantitative estimate of drug-likeness (QED) is 0.695. The summed E-state index contributed by atoms with van der Waals surface area (Å²) < 4.78 is 0. The molecule has 0 saturated heterocycles. The van der Waals surface area contributed by atoms with Crippen molar-refractivity contribution in [2.45, 2.75) is 0 Å². The Balaban J connectivity index is 2.14. The molecule has 102 valence electrons. The first-order valence-corrected chi connectivity index (χ1v) is 6.66. The van der Waals surface area contributed by atoms with Crippen LogP contribution in [0.25, 0.3) is 11.3 Å². The van der Waals surface area contributed by atoms with Crippen molar-refractivity contribution in [2.24, 2.45) is 0 Å². The molecule has 21 heavy (non-hydrogen) atoms. The van der Waals surface area contributed by atoms with Crippen molar-refractivity contribution in [1.82, 2.24) is 15.0 Å². The van der Waals surface area contributed by atoms with Crippen LogP contribution in [-0.2, 0) is 0 Å². The highest BCUT2D eigenvalue weighted by Gasteiger charge is 2.18. The van der Waals surface area contributed by atoms with Crippen molar-refractivity contribution >= 4 is 17.4 Å². The summed E-state index contributed by atoms with van der Waals surface area (Å²) in [7, 11) is 0. The second-order valence-electron chi connectivity index (χ2n) is 4.33. The lowest BCUT2D eigenvalue weighted by Gasteiger charge is -2.07. The SMILES string of the molecule is O=C(c1ccccc1)c1ncc(Cl)nc1-c1cccnc1. The van der Waals surface area contributed by atoms with E-state index in [1.807, 2.05) is 12.1 Å². The Morgan fingerprint density at radius 2 is 1.81 bits per heavy atom. The molecule has 0 spiro atoms. The number of hydrogen-bond acceptors (Lipinski definition) is 4. The van der Waals surface area contributed by atoms with Crippen LogP contribution in [0.2, 0.25) is 5.15 Å². The Kier molecular flexibility index (Phi) is 3.71. The minimum Gasteiger partial charge on any atom is -0.287 e. The molecule has 2 heterocycles. The Morgan fingerprint density at radius 1 is 1.00 bits per heavy atom. The van der Waals surface area contributed by atoms with E-state index in [-0.39, 0.29) is 16.6 Å². The highest BCUT2D eigenvalue weighted by molar-refractivity contribution is 6.29. The fraction of sp³-hybridized carbons (Fsp3) is 0. The van der Waals surface area contributed by atoms with E-state index in [0.29, 0.717) is 16.8 Å². The third kappa shape index (κ3) is 2.80. The number of carbonyl (C=O) groups excluding carboxylic acids is 1. The Hall–Kier alpha value is -2.59. The number of pyridine rings is 1. The summed E-state index contributed by atoms with van der Waals surface area (Å²) >= 11 is 5.91. The number of halogens is 1. The van der Waals surface area contributed by atoms with Crippen LogP contribution >= 0.6 is 11.6 Å². The van der Waals surface area contributed by atoms with Crippen molar-refractivity contribution in [2.75, 3.05) is 0 Å². The van der Waals surface area contributed by atoms with Gasteiger partial charge in [0.05, 0.1) is 6.20 Å². The maximum absolute atomic E-state index is 12.6. The maximum atomic E-state index is 12.6. The molecule has 0 aliphatic carbocycles. The second kappa shape index (κ2) is 5.81. The van der Waals surface area contributed by atoms with Crippen LogP contribution < -0.4 is 0 Å². The first-order chi connectivity index (χ1) is 10.3. The van der Waals surface area contributed by atoms with Crippen LogP contribution in [0.4, 0.5) is 0 Å². The van der Waals surface area contributed by atoms with E-state index < -0.39 is 0 Å². The fourth-order valence-corrected chi connectivity index (χ4v) is 2.10. The third-order valence-corrected chi connectivity index (χ3v) is 3.11. The average Bonchev–Trinajstić information content (AvgIpc) is 2.56. The molecule has 0 radical (unpaired) electrons. The molecule has 4 nitrogen and oxygen atoms in total. The minimum atomic E-state index is -0.196. The van der Waals surface area contributed by atoms with Gasteiger partial charge < -0.3 is 0 Å². The summed E-state index contributed by atoms with van der Waals surface area (Å²) in [4.78, 5) is 25.0. The molecule has 0 fully saturated rings. The molecule has 0 aliphatic rings. The maximum Gasteiger partial charge on any atom is 0.213 e. The lowest BCUT2D eigenvalue weighted by molar-refractivity contribution is 0.103. The molecule has 0 atom stereocenters. The van der Waals surface area contributed by atoms with Crippen LogP contribution in [-0.4, -0.2) is 20.7 Å². The number of aromatic nitrogens is 3. The first-order valence-electron chi connectivity index (χ1n) is 6.28. The Bertz CT molecular complexity index is 776. The zero-order valence-corrected chi connectivity index (χ0v) is 11.7. The van der Waals surface area contributed by atoms with Crippen molar-refractivity contribution in [3.05, 3.63) is 77.5 Å². The average molecular weight is 296 g/mol. The summed E-state index contributed by atoms with van der Waals surface area (Å²) in [5.74, 6) is -0.196. The molecular formula is C16H10ClN3O. The number of hydrogen-bond donors (Lipinski definition) is 0. The minimum absolute atomic E-state index is 0.196. The lowest BCUT2D eigenvalue weighted by Crippen LogP contribution is -2.08. The van der Waals surface area contributed by atoms with Crippen molar-refractivity contribution < 1.29 is 4.79 Å². The van der Waals surface area contributed by atoms with Gasteiger partial charge in [0.15, 0.2) is 0 Å². The lowest BCUT2D eigenvalue weighted by atomic mass is 10.0. The van der Waals surface area contributed by atoms with E-state index in [2.05, 4.69) is 15.0 Å². The van der Waals surface area contributed by atoms with Crippen molar-refractivity contribution in [1.29, 1.82) is 0 Å². The van der Waals surface area contributed by atoms with Crippen LogP contribution in [0.3, 0.4) is 0 Å². The van der Waals surface area contributed by atoms with Gasteiger partial charge in [0.2, 0.25) is 5.78 Å². The second-order valence-corrected chi connectivity index (χ2v) is 4.71. The van der Waals surface area contributed by atoms with Gasteiger partial charge in [0.25, 0.3) is 0 Å². The fourth-order valence-electron chi connectivity index (χ4n) is 1.96. The molecule has 0 amide bonds. The first kappa shape index (κ1) is 13.4. The molecule has 0 unspecified atom stereocenters. The van der Waals surface area contributed by atoms with E-state index in [1.165, 1.54) is 6.20 Å². The molecule has 0 bridgehead atoms. The normalized spacial score (nSPS) is 10.3. The van der Waals surface area contributed by atoms with Gasteiger partial charge in [0, 0.05) is 23.5 Å². The van der Waals surface area contributed by atoms with E-state index >= 15 is 0 Å². The number of benzene rings is 1. The third-order valence-electron chi connectivity index (χ3n) is 2.93. The molecule has 0 saturated carbocycles. The monoisotopic (exact) mass is 295 g/mol. The van der Waals surface area contributed by atoms with Gasteiger partial charge in [0.1, 0.15) is 16.5 Å². The zero-order chi connectivity index (χ0) is 14.7. The van der Waals surface area contributed by atoms with E-state index in [9.17, 15) is 4.79 Å². The van der Waals surface area contributed by atoms with Gasteiger partial charge in [-0.3, -0.25) is 9.78 Å².